The fourth-order valence-corrected chi connectivity index (χ4v) is 5.93. The van der Waals surface area contributed by atoms with Crippen LogP contribution in [0.5, 0.6) is 11.5 Å². The zero-order valence-electron chi connectivity index (χ0n) is 22.1. The Labute approximate surface area is 215 Å². The molecular formula is C30H40N2O4. The summed E-state index contributed by atoms with van der Waals surface area (Å²) >= 11 is 0. The second kappa shape index (κ2) is 10.3. The van der Waals surface area contributed by atoms with Gasteiger partial charge in [-0.3, -0.25) is 4.90 Å². The highest BCUT2D eigenvalue weighted by atomic mass is 16.6. The van der Waals surface area contributed by atoms with Gasteiger partial charge in [-0.2, -0.15) is 0 Å². The lowest BCUT2D eigenvalue weighted by molar-refractivity contribution is -0.0361. The van der Waals surface area contributed by atoms with Crippen LogP contribution in [0.25, 0.3) is 11.1 Å². The second-order valence-electron chi connectivity index (χ2n) is 11.3. The molecule has 3 fully saturated rings. The van der Waals surface area contributed by atoms with E-state index in [-0.39, 0.29) is 23.7 Å². The Balaban J connectivity index is 1.38. The maximum atomic E-state index is 13.1. The van der Waals surface area contributed by atoms with Crippen LogP contribution in [0.1, 0.15) is 63.6 Å². The summed E-state index contributed by atoms with van der Waals surface area (Å²) < 4.78 is 18.0. The normalized spacial score (nSPS) is 26.0. The molecule has 6 heteroatoms. The summed E-state index contributed by atoms with van der Waals surface area (Å²) in [5.74, 6) is 2.04. The predicted octanol–water partition coefficient (Wildman–Crippen LogP) is 5.98. The third-order valence-corrected chi connectivity index (χ3v) is 8.22. The van der Waals surface area contributed by atoms with Gasteiger partial charge in [-0.05, 0) is 68.0 Å². The van der Waals surface area contributed by atoms with E-state index in [4.69, 9.17) is 14.2 Å². The minimum atomic E-state index is -0.342. The van der Waals surface area contributed by atoms with Crippen molar-refractivity contribution in [3.8, 4) is 22.6 Å². The average Bonchev–Trinajstić information content (AvgIpc) is 2.89. The number of nitrogens with zero attached hydrogens (tertiary/aromatic N) is 1. The number of hydrogen-bond acceptors (Lipinski definition) is 5. The molecule has 2 atom stereocenters. The Morgan fingerprint density at radius 3 is 2.56 bits per heavy atom. The molecule has 1 N–H and O–H groups in total. The average molecular weight is 493 g/mol. The standard InChI is InChI=1S/C30H40N2O4/c1-5-6-7-20-8-10-21(11-9-20)23-16-26-24(17-25(23)34-4)28(30(2,3)19-35-26)31-29(33)36-27-18-32-14-12-22(27)13-15-32/h8-11,16-17,22,27-28H,5-7,12-15,18-19H2,1-4H3,(H,31,33)/t27-,28?/m1/s1. The van der Waals surface area contributed by atoms with Crippen LogP contribution in [-0.2, 0) is 11.2 Å². The van der Waals surface area contributed by atoms with Crippen LogP contribution in [0.2, 0.25) is 0 Å². The van der Waals surface area contributed by atoms with E-state index in [1.165, 1.54) is 18.4 Å². The molecule has 0 aliphatic carbocycles. The Bertz CT molecular complexity index is 1070. The topological polar surface area (TPSA) is 60.0 Å². The van der Waals surface area contributed by atoms with Gasteiger partial charge in [0.25, 0.3) is 0 Å². The first-order chi connectivity index (χ1) is 17.4. The number of alkyl carbamates (subject to hydrolysis) is 1. The number of unbranched alkanes of at least 4 members (excludes halogenated alkanes) is 1. The Hall–Kier alpha value is -2.73. The molecular weight excluding hydrogens is 452 g/mol. The van der Waals surface area contributed by atoms with Crippen molar-refractivity contribution in [2.45, 2.75) is 65.0 Å². The Morgan fingerprint density at radius 2 is 1.92 bits per heavy atom. The molecule has 2 aromatic rings. The Kier molecular flexibility index (Phi) is 7.16. The number of rotatable bonds is 7. The number of carbonyl (C=O) groups is 1. The fraction of sp³-hybridized carbons (Fsp3) is 0.567. The molecule has 6 rings (SSSR count). The molecule has 2 bridgehead atoms. The summed E-state index contributed by atoms with van der Waals surface area (Å²) in [7, 11) is 1.69. The number of fused-ring (bicyclic) bond motifs is 4. The van der Waals surface area contributed by atoms with E-state index < -0.39 is 0 Å². The van der Waals surface area contributed by atoms with Crippen LogP contribution in [0.4, 0.5) is 4.79 Å². The molecule has 0 radical (unpaired) electrons. The number of benzene rings is 2. The molecule has 3 saturated heterocycles. The third kappa shape index (κ3) is 5.06. The zero-order chi connectivity index (χ0) is 25.3. The van der Waals surface area contributed by atoms with Gasteiger partial charge in [0.05, 0.1) is 19.8 Å². The third-order valence-electron chi connectivity index (χ3n) is 8.22. The van der Waals surface area contributed by atoms with Crippen molar-refractivity contribution in [3.05, 3.63) is 47.5 Å². The van der Waals surface area contributed by atoms with Crippen LogP contribution in [0.15, 0.2) is 36.4 Å². The van der Waals surface area contributed by atoms with Gasteiger partial charge in [0.15, 0.2) is 0 Å². The van der Waals surface area contributed by atoms with Crippen molar-refractivity contribution in [2.24, 2.45) is 11.3 Å². The van der Waals surface area contributed by atoms with Gasteiger partial charge in [-0.15, -0.1) is 0 Å². The van der Waals surface area contributed by atoms with Gasteiger partial charge < -0.3 is 19.5 Å². The molecule has 194 valence electrons. The lowest BCUT2D eigenvalue weighted by Crippen LogP contribution is -2.53. The molecule has 4 aliphatic rings. The lowest BCUT2D eigenvalue weighted by Gasteiger charge is -2.44. The summed E-state index contributed by atoms with van der Waals surface area (Å²) in [4.78, 5) is 15.5. The number of methoxy groups -OCH3 is 1. The summed E-state index contributed by atoms with van der Waals surface area (Å²) in [6.45, 7) is 10.0. The number of amides is 1. The van der Waals surface area contributed by atoms with Crippen LogP contribution < -0.4 is 14.8 Å². The fourth-order valence-electron chi connectivity index (χ4n) is 5.93. The van der Waals surface area contributed by atoms with E-state index in [1.54, 1.807) is 7.11 Å². The number of hydrogen-bond donors (Lipinski definition) is 1. The number of carbonyl (C=O) groups excluding carboxylic acids is 1. The summed E-state index contributed by atoms with van der Waals surface area (Å²) in [6.07, 6.45) is 5.35. The summed E-state index contributed by atoms with van der Waals surface area (Å²) in [5.41, 5.74) is 4.06. The molecule has 1 unspecified atom stereocenters. The van der Waals surface area contributed by atoms with E-state index in [2.05, 4.69) is 61.3 Å². The van der Waals surface area contributed by atoms with Gasteiger partial charge in [0.1, 0.15) is 17.6 Å². The molecule has 0 saturated carbocycles. The molecule has 0 aromatic heterocycles. The van der Waals surface area contributed by atoms with Gasteiger partial charge >= 0.3 is 6.09 Å². The van der Waals surface area contributed by atoms with Gasteiger partial charge in [0, 0.05) is 23.1 Å². The highest BCUT2D eigenvalue weighted by molar-refractivity contribution is 5.75. The first-order valence-electron chi connectivity index (χ1n) is 13.5. The highest BCUT2D eigenvalue weighted by Crippen LogP contribution is 2.47. The van der Waals surface area contributed by atoms with Crippen molar-refractivity contribution in [2.75, 3.05) is 33.4 Å². The van der Waals surface area contributed by atoms with Gasteiger partial charge in [-0.25, -0.2) is 4.79 Å². The predicted molar refractivity (Wildman–Crippen MR) is 142 cm³/mol. The first-order valence-corrected chi connectivity index (χ1v) is 13.5. The largest absolute Gasteiger partial charge is 0.496 e. The highest BCUT2D eigenvalue weighted by Gasteiger charge is 2.41. The summed E-state index contributed by atoms with van der Waals surface area (Å²) in [5, 5.41) is 3.19. The SMILES string of the molecule is CCCCc1ccc(-c2cc3c(cc2OC)C(NC(=O)O[C@@H]2CN4CCC2CC4)C(C)(C)CO3)cc1. The van der Waals surface area contributed by atoms with E-state index in [0.29, 0.717) is 12.5 Å². The van der Waals surface area contributed by atoms with Crippen LogP contribution in [0, 0.1) is 11.3 Å². The second-order valence-corrected chi connectivity index (χ2v) is 11.3. The van der Waals surface area contributed by atoms with Crippen molar-refractivity contribution in [1.29, 1.82) is 0 Å². The smallest absolute Gasteiger partial charge is 0.407 e. The molecule has 4 aliphatic heterocycles. The maximum Gasteiger partial charge on any atom is 0.407 e. The first kappa shape index (κ1) is 24.9. The molecule has 4 heterocycles. The van der Waals surface area contributed by atoms with Crippen molar-refractivity contribution in [3.63, 3.8) is 0 Å². The number of piperidine rings is 3. The number of nitrogens with one attached hydrogen (secondary N) is 1. The Morgan fingerprint density at radius 1 is 1.17 bits per heavy atom. The number of ether oxygens (including phenoxy) is 3. The van der Waals surface area contributed by atoms with Crippen molar-refractivity contribution < 1.29 is 19.0 Å². The van der Waals surface area contributed by atoms with E-state index in [1.807, 2.05) is 6.07 Å². The molecule has 36 heavy (non-hydrogen) atoms. The molecule has 6 nitrogen and oxygen atoms in total. The van der Waals surface area contributed by atoms with E-state index in [0.717, 1.165) is 67.1 Å². The van der Waals surface area contributed by atoms with Crippen molar-refractivity contribution in [1.82, 2.24) is 10.2 Å². The minimum absolute atomic E-state index is 0.0212. The van der Waals surface area contributed by atoms with Crippen LogP contribution in [-0.4, -0.2) is 50.4 Å². The summed E-state index contributed by atoms with van der Waals surface area (Å²) in [6, 6.07) is 12.5. The monoisotopic (exact) mass is 492 g/mol. The molecule has 2 aromatic carbocycles. The van der Waals surface area contributed by atoms with Gasteiger partial charge in [-0.1, -0.05) is 51.5 Å². The van der Waals surface area contributed by atoms with Crippen molar-refractivity contribution >= 4 is 6.09 Å². The van der Waals surface area contributed by atoms with E-state index >= 15 is 0 Å². The number of aryl methyl sites for hydroxylation is 1. The molecule has 1 amide bonds. The van der Waals surface area contributed by atoms with Gasteiger partial charge in [0.2, 0.25) is 0 Å². The molecule has 0 spiro atoms. The van der Waals surface area contributed by atoms with E-state index in [9.17, 15) is 4.79 Å². The van der Waals surface area contributed by atoms with Crippen LogP contribution in [0.3, 0.4) is 0 Å². The lowest BCUT2D eigenvalue weighted by atomic mass is 9.78. The maximum absolute atomic E-state index is 13.1. The minimum Gasteiger partial charge on any atom is -0.496 e. The van der Waals surface area contributed by atoms with Crippen LogP contribution >= 0.6 is 0 Å². The zero-order valence-corrected chi connectivity index (χ0v) is 22.1. The quantitative estimate of drug-likeness (QED) is 0.515.